The Morgan fingerprint density at radius 2 is 2.12 bits per heavy atom. The largest absolute Gasteiger partial charge is 0.464 e. The van der Waals surface area contributed by atoms with Gasteiger partial charge in [-0.3, -0.25) is 0 Å². The molecule has 1 aromatic rings. The fourth-order valence-electron chi connectivity index (χ4n) is 1.42. The van der Waals surface area contributed by atoms with Crippen molar-refractivity contribution in [1.29, 1.82) is 0 Å². The minimum atomic E-state index is -0.370. The van der Waals surface area contributed by atoms with Gasteiger partial charge in [0.2, 0.25) is 0 Å². The Morgan fingerprint density at radius 3 is 2.71 bits per heavy atom. The highest BCUT2D eigenvalue weighted by molar-refractivity contribution is 5.29. The molecular weight excluding hydrogens is 221 g/mol. The van der Waals surface area contributed by atoms with E-state index in [1.54, 1.807) is 6.07 Å². The zero-order chi connectivity index (χ0) is 12.7. The van der Waals surface area contributed by atoms with Crippen molar-refractivity contribution in [2.75, 3.05) is 13.4 Å². The van der Waals surface area contributed by atoms with Gasteiger partial charge in [0, 0.05) is 12.6 Å². The number of hydrogen-bond donors (Lipinski definition) is 1. The second kappa shape index (κ2) is 7.25. The molecule has 0 spiro atoms. The Bertz CT molecular complexity index is 344. The molecule has 0 fully saturated rings. The van der Waals surface area contributed by atoms with Gasteiger partial charge in [0.15, 0.2) is 18.4 Å². The Hall–Kier alpha value is -1.13. The minimum absolute atomic E-state index is 0.0707. The van der Waals surface area contributed by atoms with E-state index in [-0.39, 0.29) is 24.4 Å². The molecule has 0 aliphatic heterocycles. The lowest BCUT2D eigenvalue weighted by molar-refractivity contribution is 0.0201. The average molecular weight is 241 g/mol. The van der Waals surface area contributed by atoms with Gasteiger partial charge in [-0.15, -0.1) is 0 Å². The quantitative estimate of drug-likeness (QED) is 0.589. The zero-order valence-corrected chi connectivity index (χ0v) is 10.4. The lowest BCUT2D eigenvalue weighted by Crippen LogP contribution is -2.21. The van der Waals surface area contributed by atoms with Crippen LogP contribution in [0.3, 0.4) is 0 Å². The number of benzene rings is 1. The van der Waals surface area contributed by atoms with Crippen LogP contribution in [0.4, 0.5) is 4.39 Å². The summed E-state index contributed by atoms with van der Waals surface area (Å²) in [7, 11) is 0. The van der Waals surface area contributed by atoms with Gasteiger partial charge in [0.05, 0.1) is 0 Å². The molecule has 0 saturated carbocycles. The van der Waals surface area contributed by atoms with E-state index >= 15 is 0 Å². The highest BCUT2D eigenvalue weighted by atomic mass is 19.1. The van der Waals surface area contributed by atoms with E-state index in [0.29, 0.717) is 13.0 Å². The molecule has 1 atom stereocenters. The third-order valence-electron chi connectivity index (χ3n) is 2.52. The maximum Gasteiger partial charge on any atom is 0.189 e. The number of rotatable bonds is 7. The first-order valence-corrected chi connectivity index (χ1v) is 5.91. The fourth-order valence-corrected chi connectivity index (χ4v) is 1.42. The molecule has 0 aromatic heterocycles. The molecule has 0 heterocycles. The number of nitrogens with two attached hydrogens (primary N) is 1. The summed E-state index contributed by atoms with van der Waals surface area (Å²) in [5.74, 6) is -0.155. The van der Waals surface area contributed by atoms with Gasteiger partial charge in [0.25, 0.3) is 0 Å². The van der Waals surface area contributed by atoms with E-state index in [4.69, 9.17) is 15.2 Å². The summed E-state index contributed by atoms with van der Waals surface area (Å²) in [6, 6.07) is 4.99. The second-order valence-electron chi connectivity index (χ2n) is 3.89. The van der Waals surface area contributed by atoms with Crippen LogP contribution in [0.1, 0.15) is 25.8 Å². The molecule has 4 heteroatoms. The van der Waals surface area contributed by atoms with Crippen LogP contribution in [0.25, 0.3) is 0 Å². The van der Waals surface area contributed by atoms with E-state index < -0.39 is 0 Å². The molecule has 0 aliphatic rings. The van der Waals surface area contributed by atoms with Crippen molar-refractivity contribution in [1.82, 2.24) is 0 Å². The first kappa shape index (κ1) is 13.9. The molecule has 0 radical (unpaired) electrons. The van der Waals surface area contributed by atoms with E-state index in [2.05, 4.69) is 0 Å². The van der Waals surface area contributed by atoms with Crippen LogP contribution >= 0.6 is 0 Å². The van der Waals surface area contributed by atoms with Crippen LogP contribution in [-0.4, -0.2) is 19.4 Å². The topological polar surface area (TPSA) is 44.5 Å². The highest BCUT2D eigenvalue weighted by Gasteiger charge is 2.07. The van der Waals surface area contributed by atoms with Crippen molar-refractivity contribution >= 4 is 0 Å². The maximum absolute atomic E-state index is 13.6. The van der Waals surface area contributed by atoms with Gasteiger partial charge in [-0.25, -0.2) is 4.39 Å². The van der Waals surface area contributed by atoms with Crippen molar-refractivity contribution < 1.29 is 13.9 Å². The van der Waals surface area contributed by atoms with Gasteiger partial charge in [-0.05, 0) is 37.5 Å². The first-order valence-electron chi connectivity index (χ1n) is 5.91. The van der Waals surface area contributed by atoms with Crippen molar-refractivity contribution in [3.63, 3.8) is 0 Å². The fraction of sp³-hybridized carbons (Fsp3) is 0.538. The van der Waals surface area contributed by atoms with E-state index in [1.165, 1.54) is 6.07 Å². The van der Waals surface area contributed by atoms with Gasteiger partial charge in [0.1, 0.15) is 0 Å². The monoisotopic (exact) mass is 241 g/mol. The highest BCUT2D eigenvalue weighted by Crippen LogP contribution is 2.19. The predicted molar refractivity (Wildman–Crippen MR) is 65.5 cm³/mol. The van der Waals surface area contributed by atoms with Crippen LogP contribution in [0, 0.1) is 5.82 Å². The van der Waals surface area contributed by atoms with Crippen LogP contribution in [0.2, 0.25) is 0 Å². The second-order valence-corrected chi connectivity index (χ2v) is 3.89. The smallest absolute Gasteiger partial charge is 0.189 e. The molecule has 1 unspecified atom stereocenters. The number of ether oxygens (including phenoxy) is 2. The Morgan fingerprint density at radius 1 is 1.35 bits per heavy atom. The van der Waals surface area contributed by atoms with Gasteiger partial charge in [-0.1, -0.05) is 13.0 Å². The van der Waals surface area contributed by atoms with E-state index in [0.717, 1.165) is 12.0 Å². The van der Waals surface area contributed by atoms with Crippen LogP contribution < -0.4 is 10.5 Å². The number of halogens is 1. The van der Waals surface area contributed by atoms with Crippen LogP contribution in [0.5, 0.6) is 5.75 Å². The third-order valence-corrected chi connectivity index (χ3v) is 2.52. The summed E-state index contributed by atoms with van der Waals surface area (Å²) in [5.41, 5.74) is 6.71. The minimum Gasteiger partial charge on any atom is -0.464 e. The summed E-state index contributed by atoms with van der Waals surface area (Å²) in [4.78, 5) is 0. The molecule has 17 heavy (non-hydrogen) atoms. The lowest BCUT2D eigenvalue weighted by Gasteiger charge is -2.11. The molecule has 1 rings (SSSR count). The van der Waals surface area contributed by atoms with Crippen LogP contribution in [0.15, 0.2) is 18.2 Å². The molecule has 0 saturated heterocycles. The van der Waals surface area contributed by atoms with Crippen molar-refractivity contribution in [2.45, 2.75) is 32.7 Å². The zero-order valence-electron chi connectivity index (χ0n) is 10.4. The first-order chi connectivity index (χ1) is 8.17. The van der Waals surface area contributed by atoms with E-state index in [9.17, 15) is 4.39 Å². The van der Waals surface area contributed by atoms with Gasteiger partial charge < -0.3 is 15.2 Å². The molecule has 0 bridgehead atoms. The predicted octanol–water partition coefficient (Wildman–Crippen LogP) is 2.48. The average Bonchev–Trinajstić information content (AvgIpc) is 2.32. The third kappa shape index (κ3) is 4.71. The Kier molecular flexibility index (Phi) is 5.94. The van der Waals surface area contributed by atoms with Crippen molar-refractivity contribution in [2.24, 2.45) is 5.73 Å². The molecule has 0 amide bonds. The van der Waals surface area contributed by atoms with E-state index in [1.807, 2.05) is 19.9 Å². The molecule has 3 nitrogen and oxygen atoms in total. The SMILES string of the molecule is CCOCOc1ccc(CC(N)CC)cc1F. The summed E-state index contributed by atoms with van der Waals surface area (Å²) >= 11 is 0. The van der Waals surface area contributed by atoms with Crippen molar-refractivity contribution in [3.8, 4) is 5.75 Å². The normalized spacial score (nSPS) is 12.5. The number of hydrogen-bond acceptors (Lipinski definition) is 3. The standard InChI is InChI=1S/C13H20FNO2/c1-3-11(15)7-10-5-6-13(12(14)8-10)17-9-16-4-2/h5-6,8,11H,3-4,7,9,15H2,1-2H3. The molecule has 96 valence electrons. The van der Waals surface area contributed by atoms with Gasteiger partial charge in [-0.2, -0.15) is 0 Å². The molecule has 2 N–H and O–H groups in total. The Labute approximate surface area is 102 Å². The summed E-state index contributed by atoms with van der Waals surface area (Å²) in [5, 5.41) is 0. The Balaban J connectivity index is 2.59. The molecular formula is C13H20FNO2. The summed E-state index contributed by atoms with van der Waals surface area (Å²) < 4.78 is 23.7. The molecule has 1 aromatic carbocycles. The lowest BCUT2D eigenvalue weighted by atomic mass is 10.0. The maximum atomic E-state index is 13.6. The van der Waals surface area contributed by atoms with Crippen LogP contribution in [-0.2, 0) is 11.2 Å². The van der Waals surface area contributed by atoms with Gasteiger partial charge >= 0.3 is 0 Å². The van der Waals surface area contributed by atoms with Crippen molar-refractivity contribution in [3.05, 3.63) is 29.6 Å². The summed E-state index contributed by atoms with van der Waals surface area (Å²) in [6.07, 6.45) is 1.56. The molecule has 0 aliphatic carbocycles. The summed E-state index contributed by atoms with van der Waals surface area (Å²) in [6.45, 7) is 4.49.